The molecule has 0 unspecified atom stereocenters. The van der Waals surface area contributed by atoms with E-state index in [1.807, 2.05) is 0 Å². The van der Waals surface area contributed by atoms with E-state index in [1.54, 1.807) is 0 Å². The minimum absolute atomic E-state index is 0.180. The molecule has 0 saturated heterocycles. The predicted octanol–water partition coefficient (Wildman–Crippen LogP) is 4.46. The number of aromatic hydroxyl groups is 1. The quantitative estimate of drug-likeness (QED) is 0.797. The molecule has 0 spiro atoms. The molecule has 0 aliphatic heterocycles. The fourth-order valence-electron chi connectivity index (χ4n) is 1.72. The monoisotopic (exact) mass is 333 g/mol. The fourth-order valence-corrected chi connectivity index (χ4v) is 1.89. The molecule has 1 amide bonds. The number of anilines is 1. The van der Waals surface area contributed by atoms with Gasteiger partial charge in [-0.2, -0.15) is 13.2 Å². The minimum atomic E-state index is -4.75. The highest BCUT2D eigenvalue weighted by atomic mass is 35.5. The molecule has 0 aromatic heterocycles. The first-order valence-electron chi connectivity index (χ1n) is 5.84. The molecule has 2 aromatic rings. The van der Waals surface area contributed by atoms with E-state index in [9.17, 15) is 27.5 Å². The summed E-state index contributed by atoms with van der Waals surface area (Å²) < 4.78 is 51.0. The number of amides is 1. The first-order valence-corrected chi connectivity index (χ1v) is 6.22. The second kappa shape index (κ2) is 5.84. The Labute approximate surface area is 127 Å². The van der Waals surface area contributed by atoms with Gasteiger partial charge in [-0.3, -0.25) is 4.79 Å². The van der Waals surface area contributed by atoms with E-state index in [0.29, 0.717) is 12.1 Å². The van der Waals surface area contributed by atoms with Gasteiger partial charge in [0.15, 0.2) is 0 Å². The van der Waals surface area contributed by atoms with Crippen molar-refractivity contribution in [3.8, 4) is 5.75 Å². The van der Waals surface area contributed by atoms with Crippen molar-refractivity contribution in [2.45, 2.75) is 6.18 Å². The molecular weight excluding hydrogens is 326 g/mol. The van der Waals surface area contributed by atoms with Crippen molar-refractivity contribution >= 4 is 23.2 Å². The van der Waals surface area contributed by atoms with Gasteiger partial charge in [-0.15, -0.1) is 0 Å². The van der Waals surface area contributed by atoms with Gasteiger partial charge in [0.25, 0.3) is 5.91 Å². The summed E-state index contributed by atoms with van der Waals surface area (Å²) >= 11 is 5.61. The van der Waals surface area contributed by atoms with Crippen LogP contribution in [0.1, 0.15) is 15.9 Å². The van der Waals surface area contributed by atoms with Crippen LogP contribution in [-0.4, -0.2) is 11.0 Å². The van der Waals surface area contributed by atoms with Crippen molar-refractivity contribution in [1.82, 2.24) is 0 Å². The fraction of sp³-hybridized carbons (Fsp3) is 0.0714. The number of benzene rings is 2. The number of carbonyl (C=O) groups is 1. The van der Waals surface area contributed by atoms with Gasteiger partial charge in [-0.1, -0.05) is 11.6 Å². The van der Waals surface area contributed by atoms with Gasteiger partial charge >= 0.3 is 6.18 Å². The lowest BCUT2D eigenvalue weighted by molar-refractivity contribution is -0.137. The number of phenols is 1. The molecule has 2 N–H and O–H groups in total. The molecule has 8 heteroatoms. The van der Waals surface area contributed by atoms with E-state index in [4.69, 9.17) is 11.6 Å². The molecule has 0 fully saturated rings. The number of hydrogen-bond acceptors (Lipinski definition) is 2. The maximum Gasteiger partial charge on any atom is 0.416 e. The minimum Gasteiger partial charge on any atom is -0.507 e. The highest BCUT2D eigenvalue weighted by molar-refractivity contribution is 6.30. The number of hydrogen-bond donors (Lipinski definition) is 2. The number of rotatable bonds is 2. The Hall–Kier alpha value is -2.28. The van der Waals surface area contributed by atoms with Crippen LogP contribution in [0.25, 0.3) is 0 Å². The molecule has 0 aliphatic carbocycles. The molecule has 2 aromatic carbocycles. The molecule has 22 heavy (non-hydrogen) atoms. The molecule has 0 atom stereocenters. The average Bonchev–Trinajstić information content (AvgIpc) is 2.36. The van der Waals surface area contributed by atoms with Crippen molar-refractivity contribution in [3.05, 3.63) is 58.4 Å². The van der Waals surface area contributed by atoms with Crippen LogP contribution in [0.3, 0.4) is 0 Å². The Kier molecular flexibility index (Phi) is 4.27. The van der Waals surface area contributed by atoms with Crippen LogP contribution in [-0.2, 0) is 6.18 Å². The van der Waals surface area contributed by atoms with E-state index in [2.05, 4.69) is 5.32 Å². The highest BCUT2D eigenvalue weighted by Gasteiger charge is 2.31. The Morgan fingerprint density at radius 1 is 1.14 bits per heavy atom. The molecule has 0 radical (unpaired) electrons. The lowest BCUT2D eigenvalue weighted by Gasteiger charge is -2.11. The van der Waals surface area contributed by atoms with Crippen LogP contribution in [0.4, 0.5) is 23.2 Å². The molecular formula is C14H8ClF4NO2. The second-order valence-corrected chi connectivity index (χ2v) is 4.78. The van der Waals surface area contributed by atoms with E-state index >= 15 is 0 Å². The zero-order chi connectivity index (χ0) is 16.5. The number of halogens is 5. The zero-order valence-corrected chi connectivity index (χ0v) is 11.5. The summed E-state index contributed by atoms with van der Waals surface area (Å²) in [6.45, 7) is 0. The maximum absolute atomic E-state index is 13.2. The molecule has 0 heterocycles. The largest absolute Gasteiger partial charge is 0.507 e. The molecule has 2 rings (SSSR count). The van der Waals surface area contributed by atoms with E-state index in [-0.39, 0.29) is 16.3 Å². The van der Waals surface area contributed by atoms with Crippen molar-refractivity contribution in [3.63, 3.8) is 0 Å². The lowest BCUT2D eigenvalue weighted by Crippen LogP contribution is -2.14. The van der Waals surface area contributed by atoms with E-state index in [1.165, 1.54) is 12.1 Å². The summed E-state index contributed by atoms with van der Waals surface area (Å²) in [7, 11) is 0. The van der Waals surface area contributed by atoms with E-state index < -0.39 is 29.2 Å². The molecule has 0 saturated carbocycles. The molecule has 3 nitrogen and oxygen atoms in total. The topological polar surface area (TPSA) is 49.3 Å². The van der Waals surface area contributed by atoms with Crippen LogP contribution in [0, 0.1) is 5.82 Å². The van der Waals surface area contributed by atoms with Gasteiger partial charge < -0.3 is 10.4 Å². The van der Waals surface area contributed by atoms with Crippen LogP contribution >= 0.6 is 11.6 Å². The third-order valence-corrected chi connectivity index (χ3v) is 2.92. The van der Waals surface area contributed by atoms with Crippen molar-refractivity contribution < 1.29 is 27.5 Å². The van der Waals surface area contributed by atoms with Crippen molar-refractivity contribution in [2.75, 3.05) is 5.32 Å². The van der Waals surface area contributed by atoms with Gasteiger partial charge in [-0.05, 0) is 36.4 Å². The summed E-state index contributed by atoms with van der Waals surface area (Å²) in [5, 5.41) is 11.8. The Balaban J connectivity index is 2.30. The van der Waals surface area contributed by atoms with Crippen LogP contribution < -0.4 is 5.32 Å². The first kappa shape index (κ1) is 16.1. The summed E-state index contributed by atoms with van der Waals surface area (Å²) in [5.41, 5.74) is -1.82. The first-order chi connectivity index (χ1) is 10.2. The van der Waals surface area contributed by atoms with Gasteiger partial charge in [0.05, 0.1) is 11.1 Å². The Morgan fingerprint density at radius 3 is 2.41 bits per heavy atom. The van der Waals surface area contributed by atoms with Gasteiger partial charge in [0, 0.05) is 10.7 Å². The Bertz CT molecular complexity index is 731. The Morgan fingerprint density at radius 2 is 1.82 bits per heavy atom. The smallest absolute Gasteiger partial charge is 0.416 e. The standard InChI is InChI=1S/C14H8ClF4NO2/c15-8-1-2-11(12(21)5-8)13(22)20-10-4-7(14(17,18)19)3-9(16)6-10/h1-6,21H,(H,20,22). The number of nitrogens with one attached hydrogen (secondary N) is 1. The van der Waals surface area contributed by atoms with Gasteiger partial charge in [0.1, 0.15) is 11.6 Å². The highest BCUT2D eigenvalue weighted by Crippen LogP contribution is 2.32. The summed E-state index contributed by atoms with van der Waals surface area (Å²) in [4.78, 5) is 11.9. The van der Waals surface area contributed by atoms with Crippen LogP contribution in [0.2, 0.25) is 5.02 Å². The second-order valence-electron chi connectivity index (χ2n) is 4.34. The predicted molar refractivity (Wildman–Crippen MR) is 72.5 cm³/mol. The molecule has 116 valence electrons. The average molecular weight is 334 g/mol. The van der Waals surface area contributed by atoms with Crippen molar-refractivity contribution in [1.29, 1.82) is 0 Å². The zero-order valence-electron chi connectivity index (χ0n) is 10.7. The summed E-state index contributed by atoms with van der Waals surface area (Å²) in [6, 6.07) is 5.26. The van der Waals surface area contributed by atoms with Crippen molar-refractivity contribution in [2.24, 2.45) is 0 Å². The third kappa shape index (κ3) is 3.67. The number of alkyl halides is 3. The number of carbonyl (C=O) groups excluding carboxylic acids is 1. The van der Waals surface area contributed by atoms with Crippen LogP contribution in [0.5, 0.6) is 5.75 Å². The van der Waals surface area contributed by atoms with Crippen LogP contribution in [0.15, 0.2) is 36.4 Å². The summed E-state index contributed by atoms with van der Waals surface area (Å²) in [5.74, 6) is -2.49. The maximum atomic E-state index is 13.2. The molecule has 0 aliphatic rings. The van der Waals surface area contributed by atoms with Gasteiger partial charge in [-0.25, -0.2) is 4.39 Å². The SMILES string of the molecule is O=C(Nc1cc(F)cc(C(F)(F)F)c1)c1ccc(Cl)cc1O. The summed E-state index contributed by atoms with van der Waals surface area (Å²) in [6.07, 6.45) is -4.75. The van der Waals surface area contributed by atoms with Gasteiger partial charge in [0.2, 0.25) is 0 Å². The normalized spacial score (nSPS) is 11.3. The molecule has 0 bridgehead atoms. The lowest BCUT2D eigenvalue weighted by atomic mass is 10.1. The number of phenolic OH excluding ortho intramolecular Hbond substituents is 1. The third-order valence-electron chi connectivity index (χ3n) is 2.69. The van der Waals surface area contributed by atoms with E-state index in [0.717, 1.165) is 12.1 Å².